The summed E-state index contributed by atoms with van der Waals surface area (Å²) in [4.78, 5) is 5.17. The van der Waals surface area contributed by atoms with Gasteiger partial charge < -0.3 is 5.32 Å². The van der Waals surface area contributed by atoms with Crippen LogP contribution in [0.5, 0.6) is 0 Å². The van der Waals surface area contributed by atoms with E-state index in [1.807, 2.05) is 11.7 Å². The van der Waals surface area contributed by atoms with Gasteiger partial charge in [-0.15, -0.1) is 21.5 Å². The molecule has 0 radical (unpaired) electrons. The van der Waals surface area contributed by atoms with Crippen molar-refractivity contribution in [1.29, 1.82) is 0 Å². The molecule has 2 aromatic heterocycles. The molecule has 6 heteroatoms. The number of aryl methyl sites for hydroxylation is 1. The van der Waals surface area contributed by atoms with Crippen molar-refractivity contribution in [3.05, 3.63) is 16.7 Å². The van der Waals surface area contributed by atoms with Gasteiger partial charge in [0, 0.05) is 12.6 Å². The second-order valence-electron chi connectivity index (χ2n) is 4.57. The normalized spacial score (nSPS) is 11.3. The molecule has 98 valence electrons. The van der Waals surface area contributed by atoms with Crippen molar-refractivity contribution in [3.63, 3.8) is 0 Å². The first kappa shape index (κ1) is 13.6. The minimum Gasteiger partial charge on any atom is -0.316 e. The Morgan fingerprint density at radius 1 is 1.33 bits per heavy atom. The zero-order valence-electron chi connectivity index (χ0n) is 10.7. The topological polar surface area (TPSA) is 50.7 Å². The lowest BCUT2D eigenvalue weighted by molar-refractivity contribution is 0.542. The number of nitrogens with zero attached hydrogens (tertiary/aromatic N) is 3. The Bertz CT molecular complexity index is 450. The van der Waals surface area contributed by atoms with Crippen LogP contribution in [0, 0.1) is 5.92 Å². The largest absolute Gasteiger partial charge is 0.316 e. The molecule has 0 bridgehead atoms. The number of rotatable bonds is 7. The number of aromatic nitrogens is 3. The van der Waals surface area contributed by atoms with Crippen molar-refractivity contribution in [2.45, 2.75) is 26.7 Å². The van der Waals surface area contributed by atoms with Gasteiger partial charge in [-0.1, -0.05) is 25.2 Å². The molecule has 0 aliphatic rings. The molecule has 18 heavy (non-hydrogen) atoms. The summed E-state index contributed by atoms with van der Waals surface area (Å²) < 4.78 is 0. The van der Waals surface area contributed by atoms with Gasteiger partial charge in [-0.3, -0.25) is 4.98 Å². The summed E-state index contributed by atoms with van der Waals surface area (Å²) in [7, 11) is 0. The molecule has 0 aromatic carbocycles. The smallest absolute Gasteiger partial charge is 0.159 e. The highest BCUT2D eigenvalue weighted by Crippen LogP contribution is 2.26. The molecule has 4 nitrogen and oxygen atoms in total. The number of hydrogen-bond donors (Lipinski definition) is 1. The van der Waals surface area contributed by atoms with Gasteiger partial charge in [-0.2, -0.15) is 0 Å². The Labute approximate surface area is 116 Å². The van der Waals surface area contributed by atoms with Crippen molar-refractivity contribution in [1.82, 2.24) is 20.5 Å². The van der Waals surface area contributed by atoms with Crippen molar-refractivity contribution in [3.8, 4) is 9.88 Å². The Balaban J connectivity index is 1.74. The van der Waals surface area contributed by atoms with E-state index in [0.717, 1.165) is 40.8 Å². The third kappa shape index (κ3) is 4.12. The highest BCUT2D eigenvalue weighted by atomic mass is 32.1. The Kier molecular flexibility index (Phi) is 5.22. The van der Waals surface area contributed by atoms with Crippen LogP contribution < -0.4 is 5.32 Å². The van der Waals surface area contributed by atoms with Gasteiger partial charge in [-0.25, -0.2) is 0 Å². The van der Waals surface area contributed by atoms with Crippen LogP contribution in [0.15, 0.2) is 11.7 Å². The van der Waals surface area contributed by atoms with Gasteiger partial charge in [0.25, 0.3) is 0 Å². The molecule has 2 rings (SSSR count). The fourth-order valence-corrected chi connectivity index (χ4v) is 3.09. The Morgan fingerprint density at radius 3 is 2.94 bits per heavy atom. The van der Waals surface area contributed by atoms with E-state index in [2.05, 4.69) is 34.3 Å². The van der Waals surface area contributed by atoms with E-state index in [-0.39, 0.29) is 0 Å². The highest BCUT2D eigenvalue weighted by molar-refractivity contribution is 7.20. The summed E-state index contributed by atoms with van der Waals surface area (Å²) >= 11 is 3.28. The molecule has 0 aliphatic heterocycles. The summed E-state index contributed by atoms with van der Waals surface area (Å²) in [6.07, 6.45) is 3.96. The first-order chi connectivity index (χ1) is 8.75. The average molecular weight is 282 g/mol. The third-order valence-corrected chi connectivity index (χ3v) is 4.33. The van der Waals surface area contributed by atoms with Gasteiger partial charge >= 0.3 is 0 Å². The van der Waals surface area contributed by atoms with E-state index < -0.39 is 0 Å². The Morgan fingerprint density at radius 2 is 2.22 bits per heavy atom. The molecule has 0 aliphatic carbocycles. The van der Waals surface area contributed by atoms with Crippen LogP contribution in [0.1, 0.15) is 25.3 Å². The Hall–Kier alpha value is -0.850. The van der Waals surface area contributed by atoms with E-state index in [9.17, 15) is 0 Å². The maximum atomic E-state index is 4.22. The van der Waals surface area contributed by atoms with Gasteiger partial charge in [0.05, 0.1) is 10.4 Å². The molecule has 1 N–H and O–H groups in total. The standard InChI is InChI=1S/C12H18N4S2/c1-9(2)6-13-5-3-4-11-15-16-12(18-11)10-7-14-8-17-10/h7-9,13H,3-6H2,1-2H3. The molecule has 0 saturated heterocycles. The third-order valence-electron chi connectivity index (χ3n) is 2.41. The first-order valence-electron chi connectivity index (χ1n) is 6.17. The van der Waals surface area contributed by atoms with Crippen LogP contribution in [-0.2, 0) is 6.42 Å². The molecule has 0 saturated carbocycles. The van der Waals surface area contributed by atoms with Crippen molar-refractivity contribution in [2.24, 2.45) is 5.92 Å². The minimum atomic E-state index is 0.712. The van der Waals surface area contributed by atoms with Gasteiger partial charge in [0.2, 0.25) is 0 Å². The zero-order valence-corrected chi connectivity index (χ0v) is 12.4. The second-order valence-corrected chi connectivity index (χ2v) is 6.52. The number of thiazole rings is 1. The lowest BCUT2D eigenvalue weighted by Gasteiger charge is -2.05. The van der Waals surface area contributed by atoms with Gasteiger partial charge in [0.15, 0.2) is 5.01 Å². The summed E-state index contributed by atoms with van der Waals surface area (Å²) in [5.74, 6) is 0.712. The molecule has 0 fully saturated rings. The molecule has 0 atom stereocenters. The maximum Gasteiger partial charge on any atom is 0.159 e. The lowest BCUT2D eigenvalue weighted by atomic mass is 10.2. The molecule has 0 amide bonds. The number of nitrogens with one attached hydrogen (secondary N) is 1. The minimum absolute atomic E-state index is 0.712. The van der Waals surface area contributed by atoms with E-state index >= 15 is 0 Å². The predicted octanol–water partition coefficient (Wildman–Crippen LogP) is 2.84. The van der Waals surface area contributed by atoms with Crippen LogP contribution in [0.3, 0.4) is 0 Å². The van der Waals surface area contributed by atoms with Crippen molar-refractivity contribution < 1.29 is 0 Å². The van der Waals surface area contributed by atoms with Crippen LogP contribution in [0.2, 0.25) is 0 Å². The fourth-order valence-electron chi connectivity index (χ4n) is 1.53. The summed E-state index contributed by atoms with van der Waals surface area (Å²) in [6, 6.07) is 0. The van der Waals surface area contributed by atoms with E-state index in [0.29, 0.717) is 5.92 Å². The highest BCUT2D eigenvalue weighted by Gasteiger charge is 2.07. The van der Waals surface area contributed by atoms with Crippen molar-refractivity contribution in [2.75, 3.05) is 13.1 Å². The number of hydrogen-bond acceptors (Lipinski definition) is 6. The van der Waals surface area contributed by atoms with Gasteiger partial charge in [-0.05, 0) is 25.4 Å². The SMILES string of the molecule is CC(C)CNCCCc1nnc(-c2cncs2)s1. The van der Waals surface area contributed by atoms with Crippen LogP contribution in [0.25, 0.3) is 9.88 Å². The zero-order chi connectivity index (χ0) is 12.8. The molecule has 0 unspecified atom stereocenters. The maximum absolute atomic E-state index is 4.22. The lowest BCUT2D eigenvalue weighted by Crippen LogP contribution is -2.21. The van der Waals surface area contributed by atoms with E-state index in [4.69, 9.17) is 0 Å². The quantitative estimate of drug-likeness (QED) is 0.793. The summed E-state index contributed by atoms with van der Waals surface area (Å²) in [5.41, 5.74) is 1.83. The molecule has 2 aromatic rings. The molecular formula is C12H18N4S2. The van der Waals surface area contributed by atoms with Crippen LogP contribution >= 0.6 is 22.7 Å². The predicted molar refractivity (Wildman–Crippen MR) is 77.0 cm³/mol. The monoisotopic (exact) mass is 282 g/mol. The second kappa shape index (κ2) is 6.92. The molecule has 0 spiro atoms. The van der Waals surface area contributed by atoms with E-state index in [1.165, 1.54) is 0 Å². The fraction of sp³-hybridized carbons (Fsp3) is 0.583. The van der Waals surface area contributed by atoms with Crippen molar-refractivity contribution >= 4 is 22.7 Å². The molecule has 2 heterocycles. The molecular weight excluding hydrogens is 264 g/mol. The van der Waals surface area contributed by atoms with E-state index in [1.54, 1.807) is 22.7 Å². The van der Waals surface area contributed by atoms with Crippen LogP contribution in [0.4, 0.5) is 0 Å². The van der Waals surface area contributed by atoms with Gasteiger partial charge in [0.1, 0.15) is 5.01 Å². The summed E-state index contributed by atoms with van der Waals surface area (Å²) in [6.45, 7) is 6.58. The first-order valence-corrected chi connectivity index (χ1v) is 7.87. The average Bonchev–Trinajstić information content (AvgIpc) is 2.98. The summed E-state index contributed by atoms with van der Waals surface area (Å²) in [5, 5.41) is 14.0. The van der Waals surface area contributed by atoms with Crippen LogP contribution in [-0.4, -0.2) is 28.3 Å².